The van der Waals surface area contributed by atoms with Gasteiger partial charge in [-0.3, -0.25) is 4.90 Å². The Labute approximate surface area is 200 Å². The van der Waals surface area contributed by atoms with Crippen LogP contribution in [0.1, 0.15) is 44.2 Å². The third-order valence-electron chi connectivity index (χ3n) is 6.47. The third-order valence-corrected chi connectivity index (χ3v) is 7.48. The number of fused-ring (bicyclic) bond motifs is 3. The predicted octanol–water partition coefficient (Wildman–Crippen LogP) is 5.95. The molecule has 0 spiro atoms. The number of pyridine rings is 1. The molecule has 3 heterocycles. The van der Waals surface area contributed by atoms with Crippen molar-refractivity contribution in [2.45, 2.75) is 51.4 Å². The lowest BCUT2D eigenvalue weighted by Gasteiger charge is -2.15. The maximum Gasteiger partial charge on any atom is 0.169 e. The first-order valence-corrected chi connectivity index (χ1v) is 13.0. The molecule has 0 atom stereocenters. The minimum atomic E-state index is 0.508. The van der Waals surface area contributed by atoms with Crippen LogP contribution in [0.5, 0.6) is 0 Å². The number of likely N-dealkylation sites (tertiary alicyclic amines) is 1. The number of para-hydroxylation sites is 1. The number of nitrogens with two attached hydrogens (primary N) is 1. The fourth-order valence-corrected chi connectivity index (χ4v) is 5.85. The lowest BCUT2D eigenvalue weighted by atomic mass is 10.1. The Morgan fingerprint density at radius 2 is 1.64 bits per heavy atom. The quantitative estimate of drug-likeness (QED) is 0.330. The smallest absolute Gasteiger partial charge is 0.169 e. The summed E-state index contributed by atoms with van der Waals surface area (Å²) >= 11 is 1.82. The summed E-state index contributed by atoms with van der Waals surface area (Å²) in [6.07, 6.45) is 3.82. The van der Waals surface area contributed by atoms with Crippen molar-refractivity contribution in [3.63, 3.8) is 0 Å². The van der Waals surface area contributed by atoms with Crippen LogP contribution in [0.4, 0.5) is 5.82 Å². The number of imidazole rings is 1. The summed E-state index contributed by atoms with van der Waals surface area (Å²) < 4.78 is 2.34. The Morgan fingerprint density at radius 3 is 2.36 bits per heavy atom. The van der Waals surface area contributed by atoms with Gasteiger partial charge in [0.2, 0.25) is 0 Å². The first kappa shape index (κ1) is 22.2. The van der Waals surface area contributed by atoms with Gasteiger partial charge in [0.1, 0.15) is 5.52 Å². The zero-order valence-corrected chi connectivity index (χ0v) is 20.4. The number of hydrogen-bond donors (Lipinski definition) is 1. The average molecular weight is 460 g/mol. The molecule has 2 N–H and O–H groups in total. The van der Waals surface area contributed by atoms with Gasteiger partial charge in [0, 0.05) is 17.7 Å². The van der Waals surface area contributed by atoms with Crippen molar-refractivity contribution in [3.05, 3.63) is 59.7 Å². The number of nitrogens with zero attached hydrogens (tertiary/aromatic N) is 4. The van der Waals surface area contributed by atoms with Crippen LogP contribution in [0.3, 0.4) is 0 Å². The monoisotopic (exact) mass is 459 g/mol. The molecule has 172 valence electrons. The summed E-state index contributed by atoms with van der Waals surface area (Å²) in [5.41, 5.74) is 11.9. The normalized spacial score (nSPS) is 14.8. The molecule has 5 rings (SSSR count). The van der Waals surface area contributed by atoms with Gasteiger partial charge in [-0.25, -0.2) is 9.97 Å². The van der Waals surface area contributed by atoms with Crippen molar-refractivity contribution in [2.24, 2.45) is 5.92 Å². The van der Waals surface area contributed by atoms with E-state index < -0.39 is 0 Å². The van der Waals surface area contributed by atoms with Crippen molar-refractivity contribution in [1.82, 2.24) is 19.4 Å². The van der Waals surface area contributed by atoms with Gasteiger partial charge in [-0.2, -0.15) is 0 Å². The number of aromatic nitrogens is 3. The van der Waals surface area contributed by atoms with Gasteiger partial charge in [0.25, 0.3) is 0 Å². The lowest BCUT2D eigenvalue weighted by molar-refractivity contribution is 0.331. The summed E-state index contributed by atoms with van der Waals surface area (Å²) in [7, 11) is 0. The molecule has 1 aliphatic heterocycles. The van der Waals surface area contributed by atoms with Crippen LogP contribution in [0.15, 0.2) is 53.7 Å². The number of nitrogen functional groups attached to an aromatic ring is 1. The van der Waals surface area contributed by atoms with Crippen molar-refractivity contribution < 1.29 is 0 Å². The maximum absolute atomic E-state index is 6.37. The molecule has 1 fully saturated rings. The molecule has 0 aliphatic carbocycles. The van der Waals surface area contributed by atoms with Crippen LogP contribution < -0.4 is 5.73 Å². The van der Waals surface area contributed by atoms with Crippen LogP contribution in [-0.4, -0.2) is 38.3 Å². The Morgan fingerprint density at radius 1 is 0.939 bits per heavy atom. The molecule has 0 unspecified atom stereocenters. The molecule has 33 heavy (non-hydrogen) atoms. The van der Waals surface area contributed by atoms with Crippen molar-refractivity contribution >= 4 is 39.5 Å². The molecule has 0 radical (unpaired) electrons. The number of thioether (sulfide) groups is 1. The van der Waals surface area contributed by atoms with Gasteiger partial charge in [-0.15, -0.1) is 0 Å². The zero-order chi connectivity index (χ0) is 22.8. The Kier molecular flexibility index (Phi) is 6.56. The average Bonchev–Trinajstić information content (AvgIpc) is 3.44. The number of anilines is 1. The molecule has 0 bridgehead atoms. The highest BCUT2D eigenvalue weighted by atomic mass is 32.2. The van der Waals surface area contributed by atoms with E-state index in [-0.39, 0.29) is 0 Å². The van der Waals surface area contributed by atoms with Gasteiger partial charge in [-0.05, 0) is 55.5 Å². The SMILES string of the molecule is CC(C)CCSc1nc2c(N)nc3ccccc3c2n1Cc1ccc(CN2CCCC2)cc1. The largest absolute Gasteiger partial charge is 0.382 e. The zero-order valence-electron chi connectivity index (χ0n) is 19.6. The molecule has 5 nitrogen and oxygen atoms in total. The van der Waals surface area contributed by atoms with E-state index in [0.717, 1.165) is 52.4 Å². The first-order chi connectivity index (χ1) is 16.1. The van der Waals surface area contributed by atoms with Gasteiger partial charge in [0.05, 0.1) is 17.6 Å². The van der Waals surface area contributed by atoms with Crippen molar-refractivity contribution in [1.29, 1.82) is 0 Å². The van der Waals surface area contributed by atoms with E-state index in [0.29, 0.717) is 11.7 Å². The van der Waals surface area contributed by atoms with Gasteiger partial charge < -0.3 is 10.3 Å². The van der Waals surface area contributed by atoms with Crippen LogP contribution in [-0.2, 0) is 13.1 Å². The summed E-state index contributed by atoms with van der Waals surface area (Å²) in [5.74, 6) is 2.22. The highest BCUT2D eigenvalue weighted by Gasteiger charge is 2.18. The highest BCUT2D eigenvalue weighted by molar-refractivity contribution is 7.99. The van der Waals surface area contributed by atoms with Crippen LogP contribution in [0.25, 0.3) is 21.9 Å². The standard InChI is InChI=1S/C27H33N5S/c1-19(2)13-16-33-27-30-24-25(22-7-3-4-8-23(22)29-26(24)28)32(27)18-21-11-9-20(10-12-21)17-31-14-5-6-15-31/h3-4,7-12,19H,5-6,13-18H2,1-2H3,(H2,28,29). The maximum atomic E-state index is 6.37. The van der Waals surface area contributed by atoms with Gasteiger partial charge in [0.15, 0.2) is 11.0 Å². The van der Waals surface area contributed by atoms with Crippen LogP contribution in [0.2, 0.25) is 0 Å². The Hall–Kier alpha value is -2.57. The fraction of sp³-hybridized carbons (Fsp3) is 0.407. The summed E-state index contributed by atoms with van der Waals surface area (Å²) in [4.78, 5) is 12.1. The number of rotatable bonds is 8. The fourth-order valence-electron chi connectivity index (χ4n) is 4.61. The second-order valence-electron chi connectivity index (χ2n) is 9.52. The van der Waals surface area contributed by atoms with E-state index in [2.05, 4.69) is 64.7 Å². The minimum absolute atomic E-state index is 0.508. The molecule has 2 aromatic heterocycles. The first-order valence-electron chi connectivity index (χ1n) is 12.1. The van der Waals surface area contributed by atoms with E-state index in [1.165, 1.54) is 37.1 Å². The van der Waals surface area contributed by atoms with E-state index in [1.807, 2.05) is 23.9 Å². The summed E-state index contributed by atoms with van der Waals surface area (Å²) in [6.45, 7) is 8.81. The molecule has 1 saturated heterocycles. The van der Waals surface area contributed by atoms with Crippen LogP contribution >= 0.6 is 11.8 Å². The van der Waals surface area contributed by atoms with Gasteiger partial charge >= 0.3 is 0 Å². The molecule has 4 aromatic rings. The topological polar surface area (TPSA) is 60.0 Å². The summed E-state index contributed by atoms with van der Waals surface area (Å²) in [5, 5.41) is 2.13. The second kappa shape index (κ2) is 9.74. The molecule has 6 heteroatoms. The van der Waals surface area contributed by atoms with Gasteiger partial charge in [-0.1, -0.05) is 68.1 Å². The summed E-state index contributed by atoms with van der Waals surface area (Å²) in [6, 6.07) is 17.3. The molecule has 2 aromatic carbocycles. The molecular formula is C27H33N5S. The van der Waals surface area contributed by atoms with E-state index in [1.54, 1.807) is 0 Å². The lowest BCUT2D eigenvalue weighted by Crippen LogP contribution is -2.18. The number of benzene rings is 2. The van der Waals surface area contributed by atoms with E-state index in [9.17, 15) is 0 Å². The van der Waals surface area contributed by atoms with E-state index in [4.69, 9.17) is 10.7 Å². The highest BCUT2D eigenvalue weighted by Crippen LogP contribution is 2.33. The molecule has 1 aliphatic rings. The number of hydrogen-bond acceptors (Lipinski definition) is 5. The third kappa shape index (κ3) is 4.87. The van der Waals surface area contributed by atoms with E-state index >= 15 is 0 Å². The Balaban J connectivity index is 1.50. The molecule has 0 amide bonds. The van der Waals surface area contributed by atoms with Crippen molar-refractivity contribution in [3.8, 4) is 0 Å². The van der Waals surface area contributed by atoms with Crippen molar-refractivity contribution in [2.75, 3.05) is 24.6 Å². The van der Waals surface area contributed by atoms with Crippen LogP contribution in [0, 0.1) is 5.92 Å². The predicted molar refractivity (Wildman–Crippen MR) is 140 cm³/mol. The minimum Gasteiger partial charge on any atom is -0.382 e. The molecule has 0 saturated carbocycles. The molecular weight excluding hydrogens is 426 g/mol. The second-order valence-corrected chi connectivity index (χ2v) is 10.6. The Bertz CT molecular complexity index is 1240.